The summed E-state index contributed by atoms with van der Waals surface area (Å²) in [7, 11) is 0. The second-order valence-corrected chi connectivity index (χ2v) is 4.14. The zero-order valence-corrected chi connectivity index (χ0v) is 9.31. The van der Waals surface area contributed by atoms with Gasteiger partial charge in [0.25, 0.3) is 0 Å². The molecule has 2 rings (SSSR count). The Morgan fingerprint density at radius 2 is 2.19 bits per heavy atom. The van der Waals surface area contributed by atoms with Gasteiger partial charge in [0, 0.05) is 18.5 Å². The summed E-state index contributed by atoms with van der Waals surface area (Å²) >= 11 is 0. The lowest BCUT2D eigenvalue weighted by Gasteiger charge is -2.16. The Bertz CT molecular complexity index is 458. The van der Waals surface area contributed by atoms with E-state index in [-0.39, 0.29) is 5.78 Å². The molecule has 3 nitrogen and oxygen atoms in total. The molecule has 1 aliphatic heterocycles. The van der Waals surface area contributed by atoms with Crippen molar-refractivity contribution in [3.63, 3.8) is 0 Å². The predicted molar refractivity (Wildman–Crippen MR) is 61.5 cm³/mol. The van der Waals surface area contributed by atoms with E-state index in [1.807, 2.05) is 18.2 Å². The van der Waals surface area contributed by atoms with Crippen LogP contribution in [0.5, 0.6) is 0 Å². The fourth-order valence-corrected chi connectivity index (χ4v) is 1.41. The summed E-state index contributed by atoms with van der Waals surface area (Å²) in [5.41, 5.74) is 0.249. The molecule has 0 radical (unpaired) electrons. The normalized spacial score (nSPS) is 18.6. The van der Waals surface area contributed by atoms with Crippen LogP contribution >= 0.6 is 0 Å². The smallest absolute Gasteiger partial charge is 0.202 e. The predicted octanol–water partition coefficient (Wildman–Crippen LogP) is 2.36. The van der Waals surface area contributed by atoms with Gasteiger partial charge in [0.05, 0.1) is 0 Å². The van der Waals surface area contributed by atoms with Gasteiger partial charge < -0.3 is 4.74 Å². The van der Waals surface area contributed by atoms with E-state index in [4.69, 9.17) is 4.74 Å². The van der Waals surface area contributed by atoms with Crippen LogP contribution in [0.1, 0.15) is 19.4 Å². The highest BCUT2D eigenvalue weighted by Crippen LogP contribution is 2.25. The van der Waals surface area contributed by atoms with E-state index in [2.05, 4.69) is 4.98 Å². The van der Waals surface area contributed by atoms with E-state index in [0.717, 1.165) is 5.56 Å². The molecule has 0 saturated heterocycles. The standard InChI is InChI=1S/C13H13NO2/c1-13(2)12(15)8-11(16-13)6-5-10-4-3-7-14-9-10/h3-9H,1-2H3/b6-5+. The van der Waals surface area contributed by atoms with Gasteiger partial charge in [-0.15, -0.1) is 0 Å². The number of ketones is 1. The third-order valence-electron chi connectivity index (χ3n) is 2.36. The minimum atomic E-state index is -0.728. The van der Waals surface area contributed by atoms with Gasteiger partial charge in [-0.2, -0.15) is 0 Å². The van der Waals surface area contributed by atoms with Crippen molar-refractivity contribution in [2.75, 3.05) is 0 Å². The largest absolute Gasteiger partial charge is 0.480 e. The molecule has 2 heterocycles. The highest BCUT2D eigenvalue weighted by molar-refractivity contribution is 5.99. The van der Waals surface area contributed by atoms with Crippen molar-refractivity contribution >= 4 is 11.9 Å². The minimum Gasteiger partial charge on any atom is -0.480 e. The second kappa shape index (κ2) is 3.93. The molecule has 1 aromatic heterocycles. The van der Waals surface area contributed by atoms with Gasteiger partial charge in [-0.25, -0.2) is 0 Å². The van der Waals surface area contributed by atoms with Crippen LogP contribution in [0.25, 0.3) is 6.08 Å². The Morgan fingerprint density at radius 1 is 1.38 bits per heavy atom. The SMILES string of the molecule is CC1(C)OC(/C=C/c2cccnc2)=CC1=O. The first-order valence-electron chi connectivity index (χ1n) is 5.11. The molecule has 1 aliphatic rings. The van der Waals surface area contributed by atoms with Crippen LogP contribution in [0.4, 0.5) is 0 Å². The first-order valence-corrected chi connectivity index (χ1v) is 5.11. The Labute approximate surface area is 94.5 Å². The first kappa shape index (κ1) is 10.6. The average molecular weight is 215 g/mol. The molecule has 0 bridgehead atoms. The summed E-state index contributed by atoms with van der Waals surface area (Å²) in [6, 6.07) is 3.80. The molecule has 0 amide bonds. The Balaban J connectivity index is 2.11. The van der Waals surface area contributed by atoms with Crippen LogP contribution in [-0.4, -0.2) is 16.4 Å². The third kappa shape index (κ3) is 2.19. The monoisotopic (exact) mass is 215 g/mol. The first-order chi connectivity index (χ1) is 7.58. The number of ether oxygens (including phenoxy) is 1. The van der Waals surface area contributed by atoms with Gasteiger partial charge in [0.15, 0.2) is 5.60 Å². The lowest BCUT2D eigenvalue weighted by atomic mass is 10.1. The van der Waals surface area contributed by atoms with Crippen molar-refractivity contribution in [2.45, 2.75) is 19.4 Å². The molecule has 0 spiro atoms. The summed E-state index contributed by atoms with van der Waals surface area (Å²) in [4.78, 5) is 15.5. The fourth-order valence-electron chi connectivity index (χ4n) is 1.41. The van der Waals surface area contributed by atoms with Crippen molar-refractivity contribution in [3.05, 3.63) is 48.0 Å². The topological polar surface area (TPSA) is 39.2 Å². The molecule has 16 heavy (non-hydrogen) atoms. The van der Waals surface area contributed by atoms with E-state index in [9.17, 15) is 4.79 Å². The maximum absolute atomic E-state index is 11.5. The summed E-state index contributed by atoms with van der Waals surface area (Å²) < 4.78 is 5.49. The maximum Gasteiger partial charge on any atom is 0.202 e. The van der Waals surface area contributed by atoms with Crippen molar-refractivity contribution in [3.8, 4) is 0 Å². The van der Waals surface area contributed by atoms with Crippen LogP contribution in [0.15, 0.2) is 42.4 Å². The van der Waals surface area contributed by atoms with E-state index >= 15 is 0 Å². The van der Waals surface area contributed by atoms with E-state index in [1.54, 1.807) is 32.3 Å². The number of aromatic nitrogens is 1. The lowest BCUT2D eigenvalue weighted by Crippen LogP contribution is -2.27. The molecule has 1 aromatic rings. The zero-order valence-electron chi connectivity index (χ0n) is 9.31. The van der Waals surface area contributed by atoms with Crippen LogP contribution in [-0.2, 0) is 9.53 Å². The summed E-state index contributed by atoms with van der Waals surface area (Å²) in [6.45, 7) is 3.52. The van der Waals surface area contributed by atoms with Gasteiger partial charge in [0.2, 0.25) is 5.78 Å². The van der Waals surface area contributed by atoms with E-state index < -0.39 is 5.60 Å². The molecule has 0 atom stereocenters. The van der Waals surface area contributed by atoms with Crippen molar-refractivity contribution in [1.29, 1.82) is 0 Å². The molecular weight excluding hydrogens is 202 g/mol. The molecule has 0 N–H and O–H groups in total. The average Bonchev–Trinajstić information content (AvgIpc) is 2.52. The van der Waals surface area contributed by atoms with Gasteiger partial charge in [-0.1, -0.05) is 6.07 Å². The number of hydrogen-bond donors (Lipinski definition) is 0. The van der Waals surface area contributed by atoms with Crippen molar-refractivity contribution in [1.82, 2.24) is 4.98 Å². The Hall–Kier alpha value is -1.90. The summed E-state index contributed by atoms with van der Waals surface area (Å²) in [5, 5.41) is 0. The molecule has 82 valence electrons. The van der Waals surface area contributed by atoms with Crippen LogP contribution in [0.2, 0.25) is 0 Å². The highest BCUT2D eigenvalue weighted by atomic mass is 16.5. The van der Waals surface area contributed by atoms with Gasteiger partial charge in [-0.3, -0.25) is 9.78 Å². The number of carbonyl (C=O) groups is 1. The quantitative estimate of drug-likeness (QED) is 0.760. The number of pyridine rings is 1. The lowest BCUT2D eigenvalue weighted by molar-refractivity contribution is -0.126. The van der Waals surface area contributed by atoms with Crippen molar-refractivity contribution in [2.24, 2.45) is 0 Å². The van der Waals surface area contributed by atoms with Gasteiger partial charge in [0.1, 0.15) is 5.76 Å². The van der Waals surface area contributed by atoms with E-state index in [0.29, 0.717) is 5.76 Å². The van der Waals surface area contributed by atoms with Gasteiger partial charge >= 0.3 is 0 Å². The molecule has 3 heteroatoms. The second-order valence-electron chi connectivity index (χ2n) is 4.14. The van der Waals surface area contributed by atoms with Crippen LogP contribution < -0.4 is 0 Å². The maximum atomic E-state index is 11.5. The number of allylic oxidation sites excluding steroid dienone is 1. The summed E-state index contributed by atoms with van der Waals surface area (Å²) in [6.07, 6.45) is 8.64. The third-order valence-corrected chi connectivity index (χ3v) is 2.36. The zero-order chi connectivity index (χ0) is 11.6. The number of carbonyl (C=O) groups excluding carboxylic acids is 1. The number of nitrogens with zero attached hydrogens (tertiary/aromatic N) is 1. The Morgan fingerprint density at radius 3 is 2.75 bits per heavy atom. The van der Waals surface area contributed by atoms with Crippen molar-refractivity contribution < 1.29 is 9.53 Å². The molecule has 0 unspecified atom stereocenters. The molecular formula is C13H13NO2. The fraction of sp³-hybridized carbons (Fsp3) is 0.231. The van der Waals surface area contributed by atoms with E-state index in [1.165, 1.54) is 6.08 Å². The Kier molecular flexibility index (Phi) is 2.60. The highest BCUT2D eigenvalue weighted by Gasteiger charge is 2.33. The van der Waals surface area contributed by atoms with Gasteiger partial charge in [-0.05, 0) is 37.6 Å². The molecule has 0 saturated carbocycles. The minimum absolute atomic E-state index is 0.00154. The molecule has 0 aromatic carbocycles. The molecule has 0 aliphatic carbocycles. The summed E-state index contributed by atoms with van der Waals surface area (Å²) in [5.74, 6) is 0.595. The van der Waals surface area contributed by atoms with Crippen LogP contribution in [0, 0.1) is 0 Å². The molecule has 0 fully saturated rings. The van der Waals surface area contributed by atoms with Crippen LogP contribution in [0.3, 0.4) is 0 Å². The number of hydrogen-bond acceptors (Lipinski definition) is 3. The number of rotatable bonds is 2.